The molecule has 9 heteroatoms. The van der Waals surface area contributed by atoms with Crippen LogP contribution in [0.1, 0.15) is 18.4 Å². The average Bonchev–Trinajstić information content (AvgIpc) is 3.22. The number of hydrogen-bond acceptors (Lipinski definition) is 6. The predicted octanol–water partition coefficient (Wildman–Crippen LogP) is 3.69. The molecule has 0 aromatic heterocycles. The second-order valence-corrected chi connectivity index (χ2v) is 6.90. The smallest absolute Gasteiger partial charge is 0.368 e. The van der Waals surface area contributed by atoms with Gasteiger partial charge >= 0.3 is 6.18 Å². The van der Waals surface area contributed by atoms with Gasteiger partial charge in [-0.15, -0.1) is 0 Å². The molecule has 4 rings (SSSR count). The number of benzene rings is 2. The molecule has 0 saturated carbocycles. The Morgan fingerprint density at radius 3 is 2.41 bits per heavy atom. The van der Waals surface area contributed by atoms with Crippen LogP contribution in [-0.4, -0.2) is 36.2 Å². The molecule has 1 unspecified atom stereocenters. The molecule has 1 saturated heterocycles. The summed E-state index contributed by atoms with van der Waals surface area (Å²) in [5.41, 5.74) is 6.35. The van der Waals surface area contributed by atoms with E-state index in [0.29, 0.717) is 11.6 Å². The summed E-state index contributed by atoms with van der Waals surface area (Å²) in [5, 5.41) is 3.24. The van der Waals surface area contributed by atoms with Crippen molar-refractivity contribution in [1.82, 2.24) is 4.90 Å². The monoisotopic (exact) mass is 402 g/mol. The van der Waals surface area contributed by atoms with Gasteiger partial charge in [-0.2, -0.15) is 18.2 Å². The Hall–Kier alpha value is -3.23. The van der Waals surface area contributed by atoms with Gasteiger partial charge in [-0.1, -0.05) is 24.3 Å². The molecule has 2 aromatic carbocycles. The SMILES string of the molecule is NC1=NC(Nc2ccccc2)N(c2cccc(C(F)(F)F)c2)C(N2CCCC2)=N1. The topological polar surface area (TPSA) is 69.2 Å². The van der Waals surface area contributed by atoms with Crippen molar-refractivity contribution in [1.29, 1.82) is 0 Å². The first-order valence-electron chi connectivity index (χ1n) is 9.37. The molecule has 152 valence electrons. The molecule has 0 aliphatic carbocycles. The Kier molecular flexibility index (Phi) is 5.04. The van der Waals surface area contributed by atoms with Crippen LogP contribution in [0.25, 0.3) is 0 Å². The zero-order chi connectivity index (χ0) is 20.4. The summed E-state index contributed by atoms with van der Waals surface area (Å²) in [6, 6.07) is 14.5. The molecule has 2 heterocycles. The van der Waals surface area contributed by atoms with E-state index < -0.39 is 18.0 Å². The van der Waals surface area contributed by atoms with E-state index in [4.69, 9.17) is 5.73 Å². The lowest BCUT2D eigenvalue weighted by molar-refractivity contribution is -0.137. The van der Waals surface area contributed by atoms with Crippen LogP contribution < -0.4 is 16.0 Å². The van der Waals surface area contributed by atoms with Gasteiger partial charge in [-0.3, -0.25) is 4.90 Å². The predicted molar refractivity (Wildman–Crippen MR) is 108 cm³/mol. The summed E-state index contributed by atoms with van der Waals surface area (Å²) in [6.07, 6.45) is -3.19. The van der Waals surface area contributed by atoms with Crippen LogP contribution in [0.3, 0.4) is 0 Å². The number of aliphatic imine (C=N–C) groups is 2. The first-order chi connectivity index (χ1) is 13.9. The Morgan fingerprint density at radius 1 is 1.00 bits per heavy atom. The largest absolute Gasteiger partial charge is 0.416 e. The molecule has 6 nitrogen and oxygen atoms in total. The van der Waals surface area contributed by atoms with Crippen molar-refractivity contribution in [3.63, 3.8) is 0 Å². The zero-order valence-electron chi connectivity index (χ0n) is 15.6. The standard InChI is InChI=1S/C20H21F3N6/c21-20(22,23)14-7-6-10-16(13-14)29-18(25-15-8-2-1-3-9-15)26-17(24)27-19(29)28-11-4-5-12-28/h1-3,6-10,13,18,25H,4-5,11-12H2,(H2,24,26). The minimum Gasteiger partial charge on any atom is -0.368 e. The molecular weight excluding hydrogens is 381 g/mol. The van der Waals surface area contributed by atoms with Crippen molar-refractivity contribution in [2.75, 3.05) is 23.3 Å². The number of likely N-dealkylation sites (tertiary alicyclic amines) is 1. The molecule has 0 amide bonds. The number of halogens is 3. The van der Waals surface area contributed by atoms with Gasteiger partial charge in [0.05, 0.1) is 5.56 Å². The number of alkyl halides is 3. The van der Waals surface area contributed by atoms with Gasteiger partial charge in [0, 0.05) is 24.5 Å². The number of para-hydroxylation sites is 1. The summed E-state index contributed by atoms with van der Waals surface area (Å²) in [7, 11) is 0. The molecule has 1 atom stereocenters. The van der Waals surface area contributed by atoms with E-state index in [1.807, 2.05) is 35.2 Å². The number of nitrogens with two attached hydrogens (primary N) is 1. The van der Waals surface area contributed by atoms with Crippen molar-refractivity contribution in [2.24, 2.45) is 15.7 Å². The summed E-state index contributed by atoms with van der Waals surface area (Å²) in [6.45, 7) is 1.53. The van der Waals surface area contributed by atoms with Gasteiger partial charge in [-0.25, -0.2) is 4.99 Å². The molecular formula is C20H21F3N6. The van der Waals surface area contributed by atoms with Gasteiger partial charge in [0.15, 0.2) is 0 Å². The zero-order valence-corrected chi connectivity index (χ0v) is 15.6. The van der Waals surface area contributed by atoms with Crippen LogP contribution in [0.15, 0.2) is 64.6 Å². The minimum absolute atomic E-state index is 0.0866. The van der Waals surface area contributed by atoms with E-state index in [1.165, 1.54) is 6.07 Å². The average molecular weight is 402 g/mol. The second-order valence-electron chi connectivity index (χ2n) is 6.90. The van der Waals surface area contributed by atoms with E-state index in [1.54, 1.807) is 11.0 Å². The first kappa shape index (κ1) is 19.1. The molecule has 2 aliphatic heterocycles. The number of nitrogens with zero attached hydrogens (tertiary/aromatic N) is 4. The Bertz CT molecular complexity index is 919. The highest BCUT2D eigenvalue weighted by Crippen LogP contribution is 2.33. The van der Waals surface area contributed by atoms with Crippen LogP contribution in [0, 0.1) is 0 Å². The lowest BCUT2D eigenvalue weighted by Crippen LogP contribution is -2.54. The van der Waals surface area contributed by atoms with E-state index in [0.717, 1.165) is 43.8 Å². The van der Waals surface area contributed by atoms with Gasteiger partial charge in [0.1, 0.15) is 0 Å². The van der Waals surface area contributed by atoms with Crippen LogP contribution in [0.4, 0.5) is 24.5 Å². The third-order valence-corrected chi connectivity index (χ3v) is 4.84. The number of nitrogens with one attached hydrogen (secondary N) is 1. The molecule has 0 spiro atoms. The van der Waals surface area contributed by atoms with Crippen molar-refractivity contribution >= 4 is 23.3 Å². The fourth-order valence-electron chi connectivity index (χ4n) is 3.49. The van der Waals surface area contributed by atoms with E-state index in [2.05, 4.69) is 15.3 Å². The third kappa shape index (κ3) is 4.13. The maximum absolute atomic E-state index is 13.3. The maximum Gasteiger partial charge on any atom is 0.416 e. The molecule has 2 aliphatic rings. The molecule has 2 aromatic rings. The van der Waals surface area contributed by atoms with E-state index in [-0.39, 0.29) is 5.96 Å². The lowest BCUT2D eigenvalue weighted by atomic mass is 10.2. The number of rotatable bonds is 3. The highest BCUT2D eigenvalue weighted by atomic mass is 19.4. The Balaban J connectivity index is 1.76. The first-order valence-corrected chi connectivity index (χ1v) is 9.37. The molecule has 1 fully saturated rings. The summed E-state index contributed by atoms with van der Waals surface area (Å²) < 4.78 is 40.0. The lowest BCUT2D eigenvalue weighted by Gasteiger charge is -2.38. The third-order valence-electron chi connectivity index (χ3n) is 4.84. The summed E-state index contributed by atoms with van der Waals surface area (Å²) >= 11 is 0. The van der Waals surface area contributed by atoms with Crippen LogP contribution in [0.2, 0.25) is 0 Å². The summed E-state index contributed by atoms with van der Waals surface area (Å²) in [4.78, 5) is 12.4. The van der Waals surface area contributed by atoms with Crippen LogP contribution in [0.5, 0.6) is 0 Å². The minimum atomic E-state index is -4.44. The van der Waals surface area contributed by atoms with Crippen molar-refractivity contribution < 1.29 is 13.2 Å². The highest BCUT2D eigenvalue weighted by molar-refractivity contribution is 6.06. The van der Waals surface area contributed by atoms with E-state index in [9.17, 15) is 13.2 Å². The van der Waals surface area contributed by atoms with E-state index >= 15 is 0 Å². The fraction of sp³-hybridized carbons (Fsp3) is 0.300. The maximum atomic E-state index is 13.3. The molecule has 3 N–H and O–H groups in total. The number of anilines is 2. The Morgan fingerprint density at radius 2 is 1.72 bits per heavy atom. The van der Waals surface area contributed by atoms with Crippen molar-refractivity contribution in [2.45, 2.75) is 25.3 Å². The van der Waals surface area contributed by atoms with Gasteiger partial charge in [0.2, 0.25) is 18.2 Å². The van der Waals surface area contributed by atoms with Gasteiger partial charge in [-0.05, 0) is 43.2 Å². The second kappa shape index (κ2) is 7.65. The highest BCUT2D eigenvalue weighted by Gasteiger charge is 2.35. The number of guanidine groups is 2. The number of hydrogen-bond donors (Lipinski definition) is 2. The van der Waals surface area contributed by atoms with Crippen molar-refractivity contribution in [3.05, 3.63) is 60.2 Å². The molecule has 0 bridgehead atoms. The van der Waals surface area contributed by atoms with Gasteiger partial charge in [0.25, 0.3) is 0 Å². The Labute approximate surface area is 166 Å². The normalized spacial score (nSPS) is 19.8. The van der Waals surface area contributed by atoms with Crippen LogP contribution >= 0.6 is 0 Å². The quantitative estimate of drug-likeness (QED) is 0.822. The molecule has 29 heavy (non-hydrogen) atoms. The molecule has 0 radical (unpaired) electrons. The fourth-order valence-corrected chi connectivity index (χ4v) is 3.49. The summed E-state index contributed by atoms with van der Waals surface area (Å²) in [5.74, 6) is 0.589. The van der Waals surface area contributed by atoms with Crippen LogP contribution in [-0.2, 0) is 6.18 Å². The van der Waals surface area contributed by atoms with Gasteiger partial charge < -0.3 is 16.0 Å². The van der Waals surface area contributed by atoms with Crippen molar-refractivity contribution in [3.8, 4) is 0 Å².